The van der Waals surface area contributed by atoms with Crippen molar-refractivity contribution in [3.05, 3.63) is 35.6 Å². The molecule has 1 saturated heterocycles. The number of nitrogens with zero attached hydrogens (tertiary/aromatic N) is 1. The maximum Gasteiger partial charge on any atom is 0.226 e. The summed E-state index contributed by atoms with van der Waals surface area (Å²) in [5, 5.41) is 0. The van der Waals surface area contributed by atoms with E-state index in [9.17, 15) is 9.18 Å². The van der Waals surface area contributed by atoms with Gasteiger partial charge in [0.05, 0.1) is 18.7 Å². The first kappa shape index (κ1) is 13.6. The van der Waals surface area contributed by atoms with Crippen LogP contribution in [0.4, 0.5) is 4.39 Å². The summed E-state index contributed by atoms with van der Waals surface area (Å²) in [6, 6.07) is 6.34. The van der Waals surface area contributed by atoms with Gasteiger partial charge in [0.1, 0.15) is 11.9 Å². The summed E-state index contributed by atoms with van der Waals surface area (Å²) in [6.07, 6.45) is 1.85. The van der Waals surface area contributed by atoms with Crippen LogP contribution in [0.2, 0.25) is 0 Å². The zero-order chi connectivity index (χ0) is 14.3. The molecule has 108 valence electrons. The fourth-order valence-electron chi connectivity index (χ4n) is 2.67. The van der Waals surface area contributed by atoms with Gasteiger partial charge in [0, 0.05) is 5.92 Å². The summed E-state index contributed by atoms with van der Waals surface area (Å²) in [6.45, 7) is 5.13. The summed E-state index contributed by atoms with van der Waals surface area (Å²) in [7, 11) is 0. The molecule has 1 unspecified atom stereocenters. The minimum atomic E-state index is -0.268. The Morgan fingerprint density at radius 2 is 1.95 bits per heavy atom. The summed E-state index contributed by atoms with van der Waals surface area (Å²) in [5.74, 6) is 0.197. The molecule has 1 aliphatic carbocycles. The van der Waals surface area contributed by atoms with Crippen molar-refractivity contribution in [1.29, 1.82) is 0 Å². The molecule has 0 spiro atoms. The highest BCUT2D eigenvalue weighted by atomic mass is 19.1. The molecule has 0 N–H and O–H groups in total. The average Bonchev–Trinajstić information content (AvgIpc) is 3.23. The van der Waals surface area contributed by atoms with E-state index in [1.165, 1.54) is 12.1 Å². The van der Waals surface area contributed by atoms with Crippen LogP contribution in [-0.4, -0.2) is 29.5 Å². The molecule has 1 aromatic carbocycles. The van der Waals surface area contributed by atoms with Crippen molar-refractivity contribution in [2.75, 3.05) is 13.2 Å². The fourth-order valence-corrected chi connectivity index (χ4v) is 2.67. The molecule has 1 aromatic rings. The molecular weight excluding hydrogens is 257 g/mol. The van der Waals surface area contributed by atoms with Crippen LogP contribution in [0.5, 0.6) is 0 Å². The minimum Gasteiger partial charge on any atom is -0.369 e. The number of carbonyl (C=O) groups is 1. The molecule has 2 aliphatic rings. The average molecular weight is 277 g/mol. The summed E-state index contributed by atoms with van der Waals surface area (Å²) >= 11 is 0. The van der Waals surface area contributed by atoms with E-state index in [1.54, 1.807) is 12.1 Å². The zero-order valence-corrected chi connectivity index (χ0v) is 11.9. The first-order valence-electron chi connectivity index (χ1n) is 7.16. The third-order valence-electron chi connectivity index (χ3n) is 4.15. The van der Waals surface area contributed by atoms with Crippen molar-refractivity contribution < 1.29 is 13.9 Å². The van der Waals surface area contributed by atoms with Crippen LogP contribution in [0.25, 0.3) is 0 Å². The number of amides is 1. The maximum atomic E-state index is 13.0. The van der Waals surface area contributed by atoms with E-state index in [-0.39, 0.29) is 29.3 Å². The van der Waals surface area contributed by atoms with Gasteiger partial charge in [0.2, 0.25) is 5.91 Å². The normalized spacial score (nSPS) is 25.6. The molecule has 0 radical (unpaired) electrons. The smallest absolute Gasteiger partial charge is 0.226 e. The van der Waals surface area contributed by atoms with E-state index < -0.39 is 0 Å². The van der Waals surface area contributed by atoms with Crippen LogP contribution in [-0.2, 0) is 9.53 Å². The molecule has 20 heavy (non-hydrogen) atoms. The van der Waals surface area contributed by atoms with Crippen LogP contribution >= 0.6 is 0 Å². The Balaban J connectivity index is 1.78. The standard InChI is InChI=1S/C16H20FNO2/c1-16(2)10-20-14(11-5-7-13(17)8-6-11)9-18(16)15(19)12-3-4-12/h5-8,12,14H,3-4,9-10H2,1-2H3. The van der Waals surface area contributed by atoms with E-state index >= 15 is 0 Å². The monoisotopic (exact) mass is 277 g/mol. The molecular formula is C16H20FNO2. The summed E-state index contributed by atoms with van der Waals surface area (Å²) in [5.41, 5.74) is 0.659. The number of rotatable bonds is 2. The largest absolute Gasteiger partial charge is 0.369 e. The molecule has 4 heteroatoms. The van der Waals surface area contributed by atoms with Gasteiger partial charge in [-0.25, -0.2) is 4.39 Å². The Morgan fingerprint density at radius 3 is 2.55 bits per heavy atom. The lowest BCUT2D eigenvalue weighted by molar-refractivity contribution is -0.156. The number of morpholine rings is 1. The highest BCUT2D eigenvalue weighted by molar-refractivity contribution is 5.82. The number of ether oxygens (including phenoxy) is 1. The first-order chi connectivity index (χ1) is 9.47. The molecule has 3 nitrogen and oxygen atoms in total. The van der Waals surface area contributed by atoms with Crippen LogP contribution < -0.4 is 0 Å². The molecule has 1 aliphatic heterocycles. The molecule has 1 heterocycles. The van der Waals surface area contributed by atoms with Gasteiger partial charge in [-0.3, -0.25) is 4.79 Å². The third kappa shape index (κ3) is 2.57. The van der Waals surface area contributed by atoms with E-state index in [0.29, 0.717) is 13.2 Å². The third-order valence-corrected chi connectivity index (χ3v) is 4.15. The van der Waals surface area contributed by atoms with Crippen LogP contribution in [0, 0.1) is 11.7 Å². The van der Waals surface area contributed by atoms with Crippen molar-refractivity contribution in [2.24, 2.45) is 5.92 Å². The molecule has 0 bridgehead atoms. The minimum absolute atomic E-state index is 0.161. The SMILES string of the molecule is CC1(C)COC(c2ccc(F)cc2)CN1C(=O)C1CC1. The van der Waals surface area contributed by atoms with Crippen molar-refractivity contribution in [1.82, 2.24) is 4.90 Å². The predicted octanol–water partition coefficient (Wildman–Crippen LogP) is 2.91. The van der Waals surface area contributed by atoms with Gasteiger partial charge in [-0.2, -0.15) is 0 Å². The second kappa shape index (κ2) is 4.85. The second-order valence-corrected chi connectivity index (χ2v) is 6.39. The Bertz CT molecular complexity index is 508. The van der Waals surface area contributed by atoms with Crippen molar-refractivity contribution in [3.8, 4) is 0 Å². The Labute approximate surface area is 118 Å². The van der Waals surface area contributed by atoms with Crippen LogP contribution in [0.1, 0.15) is 38.4 Å². The number of halogens is 1. The maximum absolute atomic E-state index is 13.0. The topological polar surface area (TPSA) is 29.5 Å². The Hall–Kier alpha value is -1.42. The van der Waals surface area contributed by atoms with E-state index in [1.807, 2.05) is 18.7 Å². The van der Waals surface area contributed by atoms with Gasteiger partial charge in [-0.15, -0.1) is 0 Å². The first-order valence-corrected chi connectivity index (χ1v) is 7.16. The molecule has 2 fully saturated rings. The second-order valence-electron chi connectivity index (χ2n) is 6.39. The summed E-state index contributed by atoms with van der Waals surface area (Å²) < 4.78 is 18.9. The lowest BCUT2D eigenvalue weighted by Crippen LogP contribution is -2.56. The van der Waals surface area contributed by atoms with Gasteiger partial charge in [0.15, 0.2) is 0 Å². The van der Waals surface area contributed by atoms with E-state index in [4.69, 9.17) is 4.74 Å². The number of hydrogen-bond donors (Lipinski definition) is 0. The summed E-state index contributed by atoms with van der Waals surface area (Å²) in [4.78, 5) is 14.4. The van der Waals surface area contributed by atoms with Crippen LogP contribution in [0.15, 0.2) is 24.3 Å². The van der Waals surface area contributed by atoms with Crippen LogP contribution in [0.3, 0.4) is 0 Å². The number of hydrogen-bond acceptors (Lipinski definition) is 2. The van der Waals surface area contributed by atoms with Crippen molar-refractivity contribution in [3.63, 3.8) is 0 Å². The Morgan fingerprint density at radius 1 is 1.30 bits per heavy atom. The molecule has 3 rings (SSSR count). The van der Waals surface area contributed by atoms with Gasteiger partial charge < -0.3 is 9.64 Å². The van der Waals surface area contributed by atoms with E-state index in [2.05, 4.69) is 0 Å². The van der Waals surface area contributed by atoms with Gasteiger partial charge in [0.25, 0.3) is 0 Å². The van der Waals surface area contributed by atoms with E-state index in [0.717, 1.165) is 18.4 Å². The molecule has 0 aromatic heterocycles. The number of benzene rings is 1. The Kier molecular flexibility index (Phi) is 3.28. The highest BCUT2D eigenvalue weighted by Crippen LogP contribution is 2.37. The quantitative estimate of drug-likeness (QED) is 0.832. The highest BCUT2D eigenvalue weighted by Gasteiger charge is 2.43. The molecule has 1 atom stereocenters. The van der Waals surface area contributed by atoms with Gasteiger partial charge in [-0.05, 0) is 44.4 Å². The lowest BCUT2D eigenvalue weighted by Gasteiger charge is -2.45. The van der Waals surface area contributed by atoms with Crippen molar-refractivity contribution in [2.45, 2.75) is 38.3 Å². The zero-order valence-electron chi connectivity index (χ0n) is 11.9. The molecule has 1 amide bonds. The van der Waals surface area contributed by atoms with Crippen molar-refractivity contribution >= 4 is 5.91 Å². The predicted molar refractivity (Wildman–Crippen MR) is 73.6 cm³/mol. The lowest BCUT2D eigenvalue weighted by atomic mass is 9.97. The fraction of sp³-hybridized carbons (Fsp3) is 0.562. The van der Waals surface area contributed by atoms with Gasteiger partial charge in [-0.1, -0.05) is 12.1 Å². The van der Waals surface area contributed by atoms with Gasteiger partial charge >= 0.3 is 0 Å². The number of carbonyl (C=O) groups excluding carboxylic acids is 1. The molecule has 1 saturated carbocycles.